The molecule has 2 unspecified atom stereocenters. The van der Waals surface area contributed by atoms with Crippen LogP contribution in [-0.2, 0) is 12.8 Å². The summed E-state index contributed by atoms with van der Waals surface area (Å²) in [5.74, 6) is 0. The number of rotatable bonds is 1. The van der Waals surface area contributed by atoms with Gasteiger partial charge in [0.1, 0.15) is 0 Å². The molecule has 2 aliphatic heterocycles. The lowest BCUT2D eigenvalue weighted by atomic mass is 9.89. The molecule has 2 heterocycles. The van der Waals surface area contributed by atoms with Crippen LogP contribution in [0.1, 0.15) is 42.4 Å². The van der Waals surface area contributed by atoms with Crippen LogP contribution in [0, 0.1) is 0 Å². The van der Waals surface area contributed by atoms with Crippen LogP contribution in [0.2, 0.25) is 0 Å². The highest BCUT2D eigenvalue weighted by molar-refractivity contribution is 8.00. The Morgan fingerprint density at radius 2 is 1.86 bits per heavy atom. The molecule has 3 aliphatic rings. The van der Waals surface area contributed by atoms with Crippen molar-refractivity contribution >= 4 is 28.1 Å². The van der Waals surface area contributed by atoms with Crippen LogP contribution >= 0.6 is 11.8 Å². The van der Waals surface area contributed by atoms with Crippen LogP contribution in [-0.4, -0.2) is 10.5 Å². The smallest absolute Gasteiger partial charge is 0.0235 e. The number of benzene rings is 2. The SMILES string of the molecule is C1=C(c2ccc3c4c(cccc24)CC3)CC2CCCC1S2. The van der Waals surface area contributed by atoms with Gasteiger partial charge in [-0.2, -0.15) is 11.8 Å². The van der Waals surface area contributed by atoms with Crippen LogP contribution in [0.3, 0.4) is 0 Å². The lowest BCUT2D eigenvalue weighted by molar-refractivity contribution is 0.630. The molecule has 1 aliphatic carbocycles. The van der Waals surface area contributed by atoms with Gasteiger partial charge in [0.2, 0.25) is 0 Å². The molecule has 0 saturated carbocycles. The van der Waals surface area contributed by atoms with Crippen molar-refractivity contribution in [2.45, 2.75) is 49.0 Å². The third-order valence-electron chi connectivity index (χ3n) is 5.44. The van der Waals surface area contributed by atoms with Gasteiger partial charge in [-0.25, -0.2) is 0 Å². The fourth-order valence-corrected chi connectivity index (χ4v) is 6.09. The number of hydrogen-bond donors (Lipinski definition) is 0. The average molecular weight is 292 g/mol. The maximum atomic E-state index is 2.58. The van der Waals surface area contributed by atoms with Gasteiger partial charge in [0.15, 0.2) is 0 Å². The lowest BCUT2D eigenvalue weighted by Gasteiger charge is -2.33. The zero-order valence-electron chi connectivity index (χ0n) is 12.3. The second-order valence-electron chi connectivity index (χ2n) is 6.74. The Bertz CT molecular complexity index is 746. The van der Waals surface area contributed by atoms with Crippen molar-refractivity contribution in [3.8, 4) is 0 Å². The number of thioether (sulfide) groups is 1. The maximum Gasteiger partial charge on any atom is 0.0235 e. The fourth-order valence-electron chi connectivity index (χ4n) is 4.47. The molecular weight excluding hydrogens is 272 g/mol. The van der Waals surface area contributed by atoms with E-state index in [0.29, 0.717) is 0 Å². The van der Waals surface area contributed by atoms with Crippen molar-refractivity contribution in [2.75, 3.05) is 0 Å². The molecule has 21 heavy (non-hydrogen) atoms. The third kappa shape index (κ3) is 1.90. The molecule has 2 atom stereocenters. The molecule has 106 valence electrons. The monoisotopic (exact) mass is 292 g/mol. The molecular formula is C20H20S. The summed E-state index contributed by atoms with van der Waals surface area (Å²) in [6.07, 6.45) is 10.5. The minimum absolute atomic E-state index is 0.774. The second kappa shape index (κ2) is 4.64. The summed E-state index contributed by atoms with van der Waals surface area (Å²) in [5.41, 5.74) is 6.28. The van der Waals surface area contributed by atoms with Crippen LogP contribution in [0.5, 0.6) is 0 Å². The quantitative estimate of drug-likeness (QED) is 0.680. The summed E-state index contributed by atoms with van der Waals surface area (Å²) < 4.78 is 0. The van der Waals surface area contributed by atoms with E-state index in [4.69, 9.17) is 0 Å². The Kier molecular flexibility index (Phi) is 2.73. The highest BCUT2D eigenvalue weighted by Gasteiger charge is 2.28. The summed E-state index contributed by atoms with van der Waals surface area (Å²) in [6.45, 7) is 0. The van der Waals surface area contributed by atoms with Gasteiger partial charge in [0.25, 0.3) is 0 Å². The average Bonchev–Trinajstić information content (AvgIpc) is 2.93. The molecule has 5 rings (SSSR count). The number of aryl methyl sites for hydroxylation is 2. The normalized spacial score (nSPS) is 27.0. The molecule has 0 nitrogen and oxygen atoms in total. The molecule has 0 aromatic heterocycles. The molecule has 1 saturated heterocycles. The summed E-state index contributed by atoms with van der Waals surface area (Å²) in [7, 11) is 0. The van der Waals surface area contributed by atoms with Crippen molar-refractivity contribution < 1.29 is 0 Å². The molecule has 0 radical (unpaired) electrons. The zero-order chi connectivity index (χ0) is 13.8. The predicted octanol–water partition coefficient (Wildman–Crippen LogP) is 5.38. The van der Waals surface area contributed by atoms with E-state index in [1.54, 1.807) is 22.1 Å². The summed E-state index contributed by atoms with van der Waals surface area (Å²) in [6, 6.07) is 11.7. The molecule has 0 amide bonds. The molecule has 2 bridgehead atoms. The first-order valence-corrected chi connectivity index (χ1v) is 9.23. The number of allylic oxidation sites excluding steroid dienone is 1. The standard InChI is InChI=1S/C20H20S/c1-3-13-7-8-14-9-10-18(19(6-1)20(13)14)15-11-16-4-2-5-17(12-15)21-16/h1,3,6,9-11,16-17H,2,4-5,7-8,12H2. The Balaban J connectivity index is 1.70. The van der Waals surface area contributed by atoms with E-state index < -0.39 is 0 Å². The summed E-state index contributed by atoms with van der Waals surface area (Å²) >= 11 is 2.22. The van der Waals surface area contributed by atoms with Crippen LogP contribution in [0.25, 0.3) is 16.3 Å². The van der Waals surface area contributed by atoms with Gasteiger partial charge in [-0.3, -0.25) is 0 Å². The van der Waals surface area contributed by atoms with E-state index in [0.717, 1.165) is 10.5 Å². The van der Waals surface area contributed by atoms with Gasteiger partial charge in [0, 0.05) is 10.5 Å². The fraction of sp³-hybridized carbons (Fsp3) is 0.400. The van der Waals surface area contributed by atoms with Crippen LogP contribution in [0.4, 0.5) is 0 Å². The van der Waals surface area contributed by atoms with E-state index >= 15 is 0 Å². The predicted molar refractivity (Wildman–Crippen MR) is 93.0 cm³/mol. The van der Waals surface area contributed by atoms with E-state index in [-0.39, 0.29) is 0 Å². The molecule has 0 spiro atoms. The molecule has 2 aromatic carbocycles. The first kappa shape index (κ1) is 12.3. The highest BCUT2D eigenvalue weighted by Crippen LogP contribution is 2.45. The molecule has 1 fully saturated rings. The topological polar surface area (TPSA) is 0 Å². The van der Waals surface area contributed by atoms with Crippen molar-refractivity contribution in [2.24, 2.45) is 0 Å². The largest absolute Gasteiger partial charge is 0.151 e. The van der Waals surface area contributed by atoms with Crippen molar-refractivity contribution in [3.63, 3.8) is 0 Å². The van der Waals surface area contributed by atoms with Gasteiger partial charge >= 0.3 is 0 Å². The Labute approximate surface area is 130 Å². The van der Waals surface area contributed by atoms with Crippen molar-refractivity contribution in [1.29, 1.82) is 0 Å². The van der Waals surface area contributed by atoms with E-state index in [1.807, 2.05) is 0 Å². The Hall–Kier alpha value is -1.21. The minimum Gasteiger partial charge on any atom is -0.151 e. The molecule has 0 N–H and O–H groups in total. The first-order valence-electron chi connectivity index (χ1n) is 8.28. The Morgan fingerprint density at radius 3 is 2.76 bits per heavy atom. The van der Waals surface area contributed by atoms with E-state index in [1.165, 1.54) is 49.5 Å². The second-order valence-corrected chi connectivity index (χ2v) is 8.28. The maximum absolute atomic E-state index is 2.58. The summed E-state index contributed by atoms with van der Waals surface area (Å²) in [5, 5.41) is 4.72. The van der Waals surface area contributed by atoms with Crippen LogP contribution < -0.4 is 0 Å². The van der Waals surface area contributed by atoms with Crippen molar-refractivity contribution in [3.05, 3.63) is 53.1 Å². The van der Waals surface area contributed by atoms with Gasteiger partial charge in [0.05, 0.1) is 0 Å². The van der Waals surface area contributed by atoms with Crippen LogP contribution in [0.15, 0.2) is 36.4 Å². The van der Waals surface area contributed by atoms with Gasteiger partial charge < -0.3 is 0 Å². The molecule has 2 aromatic rings. The van der Waals surface area contributed by atoms with Gasteiger partial charge in [-0.1, -0.05) is 42.8 Å². The first-order chi connectivity index (χ1) is 10.4. The summed E-state index contributed by atoms with van der Waals surface area (Å²) in [4.78, 5) is 0. The van der Waals surface area contributed by atoms with Gasteiger partial charge in [-0.05, 0) is 65.1 Å². The van der Waals surface area contributed by atoms with Crippen molar-refractivity contribution in [1.82, 2.24) is 0 Å². The number of hydrogen-bond acceptors (Lipinski definition) is 1. The third-order valence-corrected chi connectivity index (χ3v) is 6.95. The van der Waals surface area contributed by atoms with E-state index in [2.05, 4.69) is 48.2 Å². The lowest BCUT2D eigenvalue weighted by Crippen LogP contribution is -2.21. The Morgan fingerprint density at radius 1 is 0.952 bits per heavy atom. The number of fused-ring (bicyclic) bond motifs is 2. The zero-order valence-corrected chi connectivity index (χ0v) is 13.1. The molecule has 1 heteroatoms. The highest BCUT2D eigenvalue weighted by atomic mass is 32.2. The van der Waals surface area contributed by atoms with Gasteiger partial charge in [-0.15, -0.1) is 0 Å². The van der Waals surface area contributed by atoms with E-state index in [9.17, 15) is 0 Å². The minimum atomic E-state index is 0.774.